The Morgan fingerprint density at radius 2 is 1.75 bits per heavy atom. The van der Waals surface area contributed by atoms with E-state index < -0.39 is 0 Å². The van der Waals surface area contributed by atoms with Crippen molar-refractivity contribution in [1.29, 1.82) is 0 Å². The van der Waals surface area contributed by atoms with Gasteiger partial charge in [-0.3, -0.25) is 4.79 Å². The molecule has 0 radical (unpaired) electrons. The Hall–Kier alpha value is -0.280. The van der Waals surface area contributed by atoms with Gasteiger partial charge in [-0.05, 0) is 30.5 Å². The van der Waals surface area contributed by atoms with Gasteiger partial charge in [-0.15, -0.1) is 0 Å². The SMILES string of the molecule is CN1CC2CN(C(=O)Cl)CC2C1. The Kier molecular flexibility index (Phi) is 2.00. The first-order valence-corrected chi connectivity index (χ1v) is 4.67. The van der Waals surface area contributed by atoms with Crippen LogP contribution >= 0.6 is 11.6 Å². The van der Waals surface area contributed by atoms with Gasteiger partial charge in [0.25, 0.3) is 0 Å². The summed E-state index contributed by atoms with van der Waals surface area (Å²) in [6, 6.07) is 0. The molecule has 2 unspecified atom stereocenters. The molecule has 0 aromatic heterocycles. The van der Waals surface area contributed by atoms with Gasteiger partial charge < -0.3 is 9.80 Å². The lowest BCUT2D eigenvalue weighted by atomic mass is 10.0. The van der Waals surface area contributed by atoms with E-state index in [1.165, 1.54) is 0 Å². The molecule has 2 saturated heterocycles. The highest BCUT2D eigenvalue weighted by atomic mass is 35.5. The van der Waals surface area contributed by atoms with E-state index in [9.17, 15) is 4.79 Å². The molecule has 0 aromatic rings. The molecule has 0 aromatic carbocycles. The molecule has 2 fully saturated rings. The summed E-state index contributed by atoms with van der Waals surface area (Å²) in [6.45, 7) is 3.95. The highest BCUT2D eigenvalue weighted by molar-refractivity contribution is 6.62. The van der Waals surface area contributed by atoms with Crippen molar-refractivity contribution in [2.75, 3.05) is 33.2 Å². The van der Waals surface area contributed by atoms with Crippen molar-refractivity contribution in [1.82, 2.24) is 9.80 Å². The van der Waals surface area contributed by atoms with E-state index in [4.69, 9.17) is 11.6 Å². The maximum absolute atomic E-state index is 10.8. The first kappa shape index (κ1) is 8.32. The summed E-state index contributed by atoms with van der Waals surface area (Å²) in [5.41, 5.74) is 0. The van der Waals surface area contributed by atoms with Crippen LogP contribution in [0.3, 0.4) is 0 Å². The summed E-state index contributed by atoms with van der Waals surface area (Å²) >= 11 is 5.41. The number of carbonyl (C=O) groups excluding carboxylic acids is 1. The van der Waals surface area contributed by atoms with Crippen LogP contribution in [0.1, 0.15) is 0 Å². The zero-order valence-corrected chi connectivity index (χ0v) is 7.92. The topological polar surface area (TPSA) is 23.6 Å². The van der Waals surface area contributed by atoms with Gasteiger partial charge in [-0.25, -0.2) is 0 Å². The molecule has 68 valence electrons. The van der Waals surface area contributed by atoms with Crippen molar-refractivity contribution in [2.45, 2.75) is 0 Å². The summed E-state index contributed by atoms with van der Waals surface area (Å²) < 4.78 is 0. The molecule has 2 aliphatic heterocycles. The zero-order valence-electron chi connectivity index (χ0n) is 7.16. The Labute approximate surface area is 77.3 Å². The quantitative estimate of drug-likeness (QED) is 0.416. The Morgan fingerprint density at radius 1 is 1.25 bits per heavy atom. The number of rotatable bonds is 0. The number of fused-ring (bicyclic) bond motifs is 1. The van der Waals surface area contributed by atoms with Gasteiger partial charge in [0, 0.05) is 26.2 Å². The van der Waals surface area contributed by atoms with Gasteiger partial charge in [0.15, 0.2) is 0 Å². The summed E-state index contributed by atoms with van der Waals surface area (Å²) in [7, 11) is 2.13. The molecule has 0 N–H and O–H groups in total. The fraction of sp³-hybridized carbons (Fsp3) is 0.875. The van der Waals surface area contributed by atoms with E-state index in [1.54, 1.807) is 4.90 Å². The lowest BCUT2D eigenvalue weighted by molar-refractivity contribution is 0.225. The van der Waals surface area contributed by atoms with Gasteiger partial charge in [0.2, 0.25) is 0 Å². The molecule has 3 nitrogen and oxygen atoms in total. The fourth-order valence-corrected chi connectivity index (χ4v) is 2.51. The Morgan fingerprint density at radius 3 is 2.17 bits per heavy atom. The number of nitrogens with zero attached hydrogens (tertiary/aromatic N) is 2. The minimum Gasteiger partial charge on any atom is -0.329 e. The third-order valence-electron chi connectivity index (χ3n) is 2.92. The largest absolute Gasteiger partial charge is 0.329 e. The van der Waals surface area contributed by atoms with Gasteiger partial charge in [-0.2, -0.15) is 0 Å². The summed E-state index contributed by atoms with van der Waals surface area (Å²) in [5.74, 6) is 1.33. The first-order valence-electron chi connectivity index (χ1n) is 4.30. The van der Waals surface area contributed by atoms with Crippen molar-refractivity contribution >= 4 is 17.0 Å². The lowest BCUT2D eigenvalue weighted by Gasteiger charge is -2.15. The molecule has 0 bridgehead atoms. The molecule has 0 spiro atoms. The number of hydrogen-bond donors (Lipinski definition) is 0. The first-order chi connectivity index (χ1) is 5.66. The molecule has 0 aliphatic carbocycles. The molecule has 0 saturated carbocycles. The molecular weight excluding hydrogens is 176 g/mol. The van der Waals surface area contributed by atoms with Crippen LogP contribution in [0, 0.1) is 11.8 Å². The molecular formula is C8H13ClN2O. The van der Waals surface area contributed by atoms with Crippen LogP contribution in [-0.2, 0) is 0 Å². The Bertz CT molecular complexity index is 195. The third kappa shape index (κ3) is 1.31. The number of likely N-dealkylation sites (tertiary alicyclic amines) is 2. The third-order valence-corrected chi connectivity index (χ3v) is 3.16. The summed E-state index contributed by atoms with van der Waals surface area (Å²) in [5, 5.41) is -0.285. The molecule has 2 heterocycles. The van der Waals surface area contributed by atoms with Gasteiger partial charge in [-0.1, -0.05) is 0 Å². The number of carbonyl (C=O) groups is 1. The van der Waals surface area contributed by atoms with Crippen molar-refractivity contribution in [3.05, 3.63) is 0 Å². The van der Waals surface area contributed by atoms with Crippen molar-refractivity contribution < 1.29 is 4.79 Å². The fourth-order valence-electron chi connectivity index (χ4n) is 2.37. The van der Waals surface area contributed by atoms with Crippen molar-refractivity contribution in [2.24, 2.45) is 11.8 Å². The minimum absolute atomic E-state index is 0.285. The maximum Gasteiger partial charge on any atom is 0.316 e. The smallest absolute Gasteiger partial charge is 0.316 e. The standard InChI is InChI=1S/C8H13ClN2O/c1-10-2-6-4-11(8(9)12)5-7(6)3-10/h6-7H,2-5H2,1H3. The molecule has 4 heteroatoms. The maximum atomic E-state index is 10.8. The zero-order chi connectivity index (χ0) is 8.72. The highest BCUT2D eigenvalue weighted by Gasteiger charge is 2.39. The second kappa shape index (κ2) is 2.89. The van der Waals surface area contributed by atoms with Crippen LogP contribution in [0.5, 0.6) is 0 Å². The molecule has 2 atom stereocenters. The average Bonchev–Trinajstić information content (AvgIpc) is 2.42. The van der Waals surface area contributed by atoms with Crippen molar-refractivity contribution in [3.8, 4) is 0 Å². The van der Waals surface area contributed by atoms with Crippen LogP contribution in [0.2, 0.25) is 0 Å². The normalized spacial score (nSPS) is 35.7. The predicted octanol–water partition coefficient (Wildman–Crippen LogP) is 0.839. The second-order valence-corrected chi connectivity index (χ2v) is 4.22. The number of amides is 1. The lowest BCUT2D eigenvalue weighted by Crippen LogP contribution is -2.28. The van der Waals surface area contributed by atoms with Gasteiger partial charge in [0.05, 0.1) is 0 Å². The van der Waals surface area contributed by atoms with Gasteiger partial charge >= 0.3 is 5.37 Å². The molecule has 12 heavy (non-hydrogen) atoms. The van der Waals surface area contributed by atoms with Gasteiger partial charge in [0.1, 0.15) is 0 Å². The average molecular weight is 189 g/mol. The van der Waals surface area contributed by atoms with Crippen LogP contribution in [0.4, 0.5) is 4.79 Å². The monoisotopic (exact) mass is 188 g/mol. The van der Waals surface area contributed by atoms with Crippen LogP contribution in [-0.4, -0.2) is 48.4 Å². The molecule has 2 aliphatic rings. The minimum atomic E-state index is -0.285. The van der Waals surface area contributed by atoms with E-state index in [0.29, 0.717) is 11.8 Å². The molecule has 1 amide bonds. The summed E-state index contributed by atoms with van der Waals surface area (Å²) in [6.07, 6.45) is 0. The van der Waals surface area contributed by atoms with Crippen LogP contribution in [0.25, 0.3) is 0 Å². The Balaban J connectivity index is 1.98. The predicted molar refractivity (Wildman–Crippen MR) is 47.3 cm³/mol. The molecule has 2 rings (SSSR count). The van der Waals surface area contributed by atoms with Crippen LogP contribution in [0.15, 0.2) is 0 Å². The number of halogens is 1. The van der Waals surface area contributed by atoms with E-state index in [2.05, 4.69) is 11.9 Å². The van der Waals surface area contributed by atoms with E-state index >= 15 is 0 Å². The van der Waals surface area contributed by atoms with Crippen LogP contribution < -0.4 is 0 Å². The van der Waals surface area contributed by atoms with E-state index in [0.717, 1.165) is 26.2 Å². The van der Waals surface area contributed by atoms with Crippen molar-refractivity contribution in [3.63, 3.8) is 0 Å². The summed E-state index contributed by atoms with van der Waals surface area (Å²) in [4.78, 5) is 14.9. The highest BCUT2D eigenvalue weighted by Crippen LogP contribution is 2.30. The van der Waals surface area contributed by atoms with E-state index in [1.807, 2.05) is 0 Å². The van der Waals surface area contributed by atoms with E-state index in [-0.39, 0.29) is 5.37 Å². The number of hydrogen-bond acceptors (Lipinski definition) is 2. The second-order valence-electron chi connectivity index (χ2n) is 3.90.